The molecule has 2 aromatic heterocycles. The molecule has 0 unspecified atom stereocenters. The maximum absolute atomic E-state index is 10.4. The predicted molar refractivity (Wildman–Crippen MR) is 383 cm³/mol. The minimum Gasteiger partial charge on any atom is -0.384 e. The van der Waals surface area contributed by atoms with Crippen LogP contribution in [0.4, 0.5) is 17.1 Å². The molecule has 4 aromatic rings. The number of rotatable bonds is 16. The van der Waals surface area contributed by atoms with Gasteiger partial charge in [0.05, 0.1) is 6.20 Å². The van der Waals surface area contributed by atoms with Crippen molar-refractivity contribution in [3.8, 4) is 0 Å². The molecular weight excluding hydrogens is 1040 g/mol. The van der Waals surface area contributed by atoms with Crippen LogP contribution in [0, 0.1) is 0 Å². The number of primary amides is 1. The molecule has 4 rings (SSSR count). The number of aliphatic hydroxyl groups excluding tert-OH is 1. The van der Waals surface area contributed by atoms with Gasteiger partial charge in [0.15, 0.2) is 0 Å². The number of pyridine rings is 1. The van der Waals surface area contributed by atoms with Gasteiger partial charge in [-0.2, -0.15) is 0 Å². The highest BCUT2D eigenvalue weighted by atomic mass is 16.3. The summed E-state index contributed by atoms with van der Waals surface area (Å²) in [5.41, 5.74) is 10.3. The Morgan fingerprint density at radius 3 is 0.699 bits per heavy atom. The first-order valence-electron chi connectivity index (χ1n) is 24.1. The van der Waals surface area contributed by atoms with Crippen LogP contribution in [-0.4, -0.2) is 292 Å². The van der Waals surface area contributed by atoms with Gasteiger partial charge < -0.3 is 25.5 Å². The number of aromatic nitrogens is 3. The summed E-state index contributed by atoms with van der Waals surface area (Å²) in [6.45, 7) is 5.14. The number of nitrogens with two attached hydrogens (primary N) is 1. The average Bonchev–Trinajstić information content (AvgIpc) is 3.26. The van der Waals surface area contributed by atoms with Gasteiger partial charge in [-0.1, -0.05) is 98.5 Å². The fourth-order valence-electron chi connectivity index (χ4n) is 6.00. The molecule has 83 heavy (non-hydrogen) atoms. The summed E-state index contributed by atoms with van der Waals surface area (Å²) in [4.78, 5) is 48.9. The summed E-state index contributed by atoms with van der Waals surface area (Å²) in [6.07, 6.45) is 7.21. The van der Waals surface area contributed by atoms with Crippen molar-refractivity contribution in [3.63, 3.8) is 0 Å². The Morgan fingerprint density at radius 1 is 0.349 bits per heavy atom. The van der Waals surface area contributed by atoms with E-state index in [1.807, 2.05) is 118 Å². The molecule has 0 aliphatic carbocycles. The minimum atomic E-state index is -0.581. The number of aliphatic hydroxyl groups is 1. The molecule has 2 aromatic carbocycles. The molecule has 19 nitrogen and oxygen atoms in total. The van der Waals surface area contributed by atoms with Crippen molar-refractivity contribution >= 4 is 23.0 Å². The Kier molecular flexibility index (Phi) is 92.4. The lowest BCUT2D eigenvalue weighted by molar-refractivity contribution is 0.0995. The van der Waals surface area contributed by atoms with Crippen LogP contribution in [0.3, 0.4) is 0 Å². The van der Waals surface area contributed by atoms with Crippen molar-refractivity contribution in [2.45, 2.75) is 80.4 Å². The lowest BCUT2D eigenvalue weighted by Gasteiger charge is -2.17. The van der Waals surface area contributed by atoms with Crippen LogP contribution in [0.1, 0.15) is 102 Å². The zero-order chi connectivity index (χ0) is 57.4. The van der Waals surface area contributed by atoms with Crippen LogP contribution in [0.15, 0.2) is 91.6 Å². The molecule has 0 aliphatic heterocycles. The molecule has 0 fully saturated rings. The quantitative estimate of drug-likeness (QED) is 0.103. The number of amides is 1. The molecule has 500 valence electrons. The van der Waals surface area contributed by atoms with Gasteiger partial charge in [-0.3, -0.25) is 63.8 Å². The van der Waals surface area contributed by atoms with E-state index < -0.39 is 12.0 Å². The van der Waals surface area contributed by atoms with E-state index in [1.165, 1.54) is 24.3 Å². The second kappa shape index (κ2) is 67.9. The number of nitrogens with zero attached hydrogens (tertiary/aromatic N) is 16. The van der Waals surface area contributed by atoms with Gasteiger partial charge in [0.1, 0.15) is 11.8 Å². The van der Waals surface area contributed by atoms with E-state index in [4.69, 9.17) is 5.73 Å². The van der Waals surface area contributed by atoms with Crippen LogP contribution in [0.25, 0.3) is 0 Å². The fourth-order valence-corrected chi connectivity index (χ4v) is 6.00. The first-order chi connectivity index (χ1) is 33.7. The van der Waals surface area contributed by atoms with Crippen molar-refractivity contribution in [3.05, 3.63) is 108 Å². The van der Waals surface area contributed by atoms with Crippen LogP contribution in [0.2, 0.25) is 0 Å². The van der Waals surface area contributed by atoms with E-state index in [-0.39, 0.29) is 80.0 Å². The number of anilines is 3. The van der Waals surface area contributed by atoms with Crippen LogP contribution in [0.5, 0.6) is 0 Å². The molecule has 19 heteroatoms. The second-order valence-corrected chi connectivity index (χ2v) is 20.4. The normalized spacial score (nSPS) is 9.23. The molecule has 0 radical (unpaired) electrons. The van der Waals surface area contributed by atoms with Crippen molar-refractivity contribution in [2.75, 3.05) is 231 Å². The number of hydrogen-bond donors (Lipinski definition) is 2. The lowest BCUT2D eigenvalue weighted by atomic mass is 10.0. The third-order valence-electron chi connectivity index (χ3n) is 8.27. The highest BCUT2D eigenvalue weighted by molar-refractivity contribution is 5.90. The zero-order valence-electron chi connectivity index (χ0n) is 50.9. The Morgan fingerprint density at radius 2 is 0.566 bits per heavy atom. The van der Waals surface area contributed by atoms with Gasteiger partial charge >= 0.3 is 0 Å². The van der Waals surface area contributed by atoms with E-state index in [0.717, 1.165) is 55.8 Å². The summed E-state index contributed by atoms with van der Waals surface area (Å²) in [5.74, 6) is -0.553. The molecule has 0 atom stereocenters. The summed E-state index contributed by atoms with van der Waals surface area (Å²) in [5, 5.41) is 10.4. The highest BCUT2D eigenvalue weighted by Gasteiger charge is 2.11. The molecule has 0 bridgehead atoms. The van der Waals surface area contributed by atoms with E-state index >= 15 is 0 Å². The van der Waals surface area contributed by atoms with Crippen LogP contribution in [-0.2, 0) is 0 Å². The lowest BCUT2D eigenvalue weighted by Crippen LogP contribution is -2.26. The molecular formula is C64H147N17O2. The van der Waals surface area contributed by atoms with Crippen molar-refractivity contribution in [1.29, 1.82) is 0 Å². The molecule has 0 saturated carbocycles. The Hall–Kier alpha value is -4.90. The SMILES string of the molecule is C.C.C.C.C.C.C.C.C.C.CN(C)CN(C)C.CN(C)CN(C)C.CN(C)CN(C)C.CN(C)CN(C)C.CN(C)CN(C)C.CN(C)c1ccc(C(O)c2ccc(N(C)C)cc2)cc1.CN(C)c1ccncc1.NC(=O)c1cnccn1. The predicted octanol–water partition coefficient (Wildman–Crippen LogP) is 10.3. The Balaban J connectivity index is -0.0000000559. The standard InChI is InChI=1S/C17H22N2O.C7H10N2.C5H5N3O.5C5H14N2.10CH4/c1-18(2)15-9-5-13(6-10-15)17(20)14-7-11-16(12-8-14)19(3)4;1-9(2)7-3-5-8-6-4-7;6-5(9)4-3-7-1-2-8-4;5*1-6(2)5-7(3)4;;;;;;;;;;/h5-12,17,20H,1-4H3;3-6H,1-2H3;1-3H,(H2,6,9);5*5H2,1-4H3;10*1H4. The maximum atomic E-state index is 10.4. The van der Waals surface area contributed by atoms with Crippen molar-refractivity contribution in [2.24, 2.45) is 5.73 Å². The van der Waals surface area contributed by atoms with Crippen molar-refractivity contribution in [1.82, 2.24) is 64.0 Å². The fraction of sp³-hybridized carbons (Fsp3) is 0.656. The first-order valence-corrected chi connectivity index (χ1v) is 24.1. The number of benzene rings is 2. The van der Waals surface area contributed by atoms with E-state index in [1.54, 1.807) is 12.4 Å². The topological polar surface area (TPSA) is 144 Å². The van der Waals surface area contributed by atoms with Gasteiger partial charge in [0, 0.05) is 117 Å². The number of carbonyl (C=O) groups is 1. The van der Waals surface area contributed by atoms with E-state index in [9.17, 15) is 9.90 Å². The van der Waals surface area contributed by atoms with Gasteiger partial charge in [-0.05, 0) is 188 Å². The minimum absolute atomic E-state index is 0. The molecule has 0 saturated heterocycles. The smallest absolute Gasteiger partial charge is 0.268 e. The maximum Gasteiger partial charge on any atom is 0.268 e. The molecule has 1 amide bonds. The number of carbonyl (C=O) groups excluding carboxylic acids is 1. The molecule has 3 N–H and O–H groups in total. The number of hydrogen-bond acceptors (Lipinski definition) is 18. The van der Waals surface area contributed by atoms with Gasteiger partial charge in [0.25, 0.3) is 5.91 Å². The van der Waals surface area contributed by atoms with Crippen LogP contribution < -0.4 is 20.4 Å². The molecule has 0 aliphatic rings. The van der Waals surface area contributed by atoms with E-state index in [2.05, 4.69) is 205 Å². The summed E-state index contributed by atoms with van der Waals surface area (Å²) >= 11 is 0. The Bertz CT molecular complexity index is 1650. The Labute approximate surface area is 520 Å². The van der Waals surface area contributed by atoms with Crippen LogP contribution >= 0.6 is 0 Å². The largest absolute Gasteiger partial charge is 0.384 e. The van der Waals surface area contributed by atoms with Crippen molar-refractivity contribution < 1.29 is 9.90 Å². The van der Waals surface area contributed by atoms with Gasteiger partial charge in [0.2, 0.25) is 0 Å². The first kappa shape index (κ1) is 113. The monoisotopic (exact) mass is 1190 g/mol. The third kappa shape index (κ3) is 77.1. The highest BCUT2D eigenvalue weighted by Crippen LogP contribution is 2.25. The second-order valence-electron chi connectivity index (χ2n) is 20.4. The van der Waals surface area contributed by atoms with E-state index in [0.29, 0.717) is 0 Å². The molecule has 2 heterocycles. The van der Waals surface area contributed by atoms with Gasteiger partial charge in [-0.25, -0.2) is 4.98 Å². The van der Waals surface area contributed by atoms with Gasteiger partial charge in [-0.15, -0.1) is 0 Å². The summed E-state index contributed by atoms with van der Waals surface area (Å²) in [7, 11) is 53.2. The average molecular weight is 1190 g/mol. The summed E-state index contributed by atoms with van der Waals surface area (Å²) in [6, 6.07) is 19.9. The third-order valence-corrected chi connectivity index (χ3v) is 8.27. The summed E-state index contributed by atoms with van der Waals surface area (Å²) < 4.78 is 0. The zero-order valence-corrected chi connectivity index (χ0v) is 50.9. The molecule has 0 spiro atoms.